The molecule has 6 heteroatoms. The summed E-state index contributed by atoms with van der Waals surface area (Å²) in [5.74, 6) is 1.93. The van der Waals surface area contributed by atoms with Gasteiger partial charge in [0, 0.05) is 11.8 Å². The van der Waals surface area contributed by atoms with Crippen molar-refractivity contribution in [2.24, 2.45) is 5.92 Å². The Morgan fingerprint density at radius 2 is 2.11 bits per heavy atom. The Kier molecular flexibility index (Phi) is 4.38. The number of hydrogen-bond donors (Lipinski definition) is 1. The molecule has 0 spiro atoms. The van der Waals surface area contributed by atoms with Crippen LogP contribution in [-0.2, 0) is 0 Å². The first kappa shape index (κ1) is 13.4. The molecule has 0 amide bonds. The third kappa shape index (κ3) is 3.28. The van der Waals surface area contributed by atoms with E-state index in [1.165, 1.54) is 38.5 Å². The van der Waals surface area contributed by atoms with Crippen LogP contribution in [0.15, 0.2) is 5.16 Å². The molecule has 5 nitrogen and oxygen atoms in total. The summed E-state index contributed by atoms with van der Waals surface area (Å²) >= 11 is 1.82. The quantitative estimate of drug-likeness (QED) is 0.777. The van der Waals surface area contributed by atoms with Gasteiger partial charge in [-0.2, -0.15) is 0 Å². The topological polar surface area (TPSA) is 55.6 Å². The van der Waals surface area contributed by atoms with Crippen LogP contribution in [0.1, 0.15) is 51.5 Å². The maximum atomic E-state index is 4.17. The molecule has 2 aliphatic carbocycles. The monoisotopic (exact) mass is 281 g/mol. The SMILES string of the molecule is CCNC(CSc1nnnn1C1CC1)C1CCCC1. The van der Waals surface area contributed by atoms with Crippen molar-refractivity contribution in [3.05, 3.63) is 0 Å². The molecule has 1 N–H and O–H groups in total. The van der Waals surface area contributed by atoms with Crippen molar-refractivity contribution >= 4 is 11.8 Å². The molecule has 0 saturated heterocycles. The van der Waals surface area contributed by atoms with Gasteiger partial charge in [-0.3, -0.25) is 0 Å². The van der Waals surface area contributed by atoms with E-state index < -0.39 is 0 Å². The molecular weight excluding hydrogens is 258 g/mol. The molecule has 0 aliphatic heterocycles. The first-order chi connectivity index (χ1) is 9.38. The number of nitrogens with one attached hydrogen (secondary N) is 1. The van der Waals surface area contributed by atoms with E-state index >= 15 is 0 Å². The van der Waals surface area contributed by atoms with Crippen LogP contribution in [0, 0.1) is 5.92 Å². The zero-order chi connectivity index (χ0) is 13.1. The van der Waals surface area contributed by atoms with Crippen molar-refractivity contribution in [1.29, 1.82) is 0 Å². The molecule has 1 aromatic rings. The number of hydrogen-bond acceptors (Lipinski definition) is 5. The predicted molar refractivity (Wildman–Crippen MR) is 76.2 cm³/mol. The van der Waals surface area contributed by atoms with Gasteiger partial charge in [0.1, 0.15) is 0 Å². The summed E-state index contributed by atoms with van der Waals surface area (Å²) in [7, 11) is 0. The van der Waals surface area contributed by atoms with Crippen LogP contribution in [0.2, 0.25) is 0 Å². The molecule has 1 unspecified atom stereocenters. The summed E-state index contributed by atoms with van der Waals surface area (Å²) in [4.78, 5) is 0. The summed E-state index contributed by atoms with van der Waals surface area (Å²) in [5, 5.41) is 16.8. The number of aromatic nitrogens is 4. The van der Waals surface area contributed by atoms with Crippen molar-refractivity contribution < 1.29 is 0 Å². The molecule has 1 aromatic heterocycles. The van der Waals surface area contributed by atoms with Crippen LogP contribution < -0.4 is 5.32 Å². The Labute approximate surface area is 118 Å². The summed E-state index contributed by atoms with van der Waals surface area (Å²) in [6.45, 7) is 3.25. The van der Waals surface area contributed by atoms with Gasteiger partial charge >= 0.3 is 0 Å². The van der Waals surface area contributed by atoms with Crippen molar-refractivity contribution in [3.63, 3.8) is 0 Å². The fraction of sp³-hybridized carbons (Fsp3) is 0.923. The average Bonchev–Trinajstić information content (AvgIpc) is 2.95. The van der Waals surface area contributed by atoms with E-state index in [4.69, 9.17) is 0 Å². The molecule has 106 valence electrons. The second kappa shape index (κ2) is 6.22. The van der Waals surface area contributed by atoms with Gasteiger partial charge in [0.05, 0.1) is 6.04 Å². The molecule has 0 aromatic carbocycles. The van der Waals surface area contributed by atoms with Gasteiger partial charge in [-0.1, -0.05) is 31.5 Å². The first-order valence-corrected chi connectivity index (χ1v) is 8.51. The van der Waals surface area contributed by atoms with Gasteiger partial charge in [0.2, 0.25) is 5.16 Å². The predicted octanol–water partition coefficient (Wildman–Crippen LogP) is 2.27. The Hall–Kier alpha value is -0.620. The zero-order valence-electron chi connectivity index (χ0n) is 11.6. The van der Waals surface area contributed by atoms with E-state index in [0.717, 1.165) is 23.4 Å². The summed E-state index contributed by atoms with van der Waals surface area (Å²) < 4.78 is 2.02. The Morgan fingerprint density at radius 1 is 1.32 bits per heavy atom. The van der Waals surface area contributed by atoms with Crippen LogP contribution in [0.5, 0.6) is 0 Å². The lowest BCUT2D eigenvalue weighted by molar-refractivity contribution is 0.394. The third-order valence-corrected chi connectivity index (χ3v) is 5.24. The van der Waals surface area contributed by atoms with Crippen LogP contribution in [-0.4, -0.2) is 38.5 Å². The number of tetrazole rings is 1. The molecule has 2 aliphatic rings. The lowest BCUT2D eigenvalue weighted by atomic mass is 10.00. The van der Waals surface area contributed by atoms with Crippen LogP contribution in [0.4, 0.5) is 0 Å². The number of rotatable bonds is 7. The first-order valence-electron chi connectivity index (χ1n) is 7.52. The van der Waals surface area contributed by atoms with Gasteiger partial charge in [-0.05, 0) is 48.6 Å². The lowest BCUT2D eigenvalue weighted by Crippen LogP contribution is -2.37. The van der Waals surface area contributed by atoms with Crippen LogP contribution in [0.3, 0.4) is 0 Å². The summed E-state index contributed by atoms with van der Waals surface area (Å²) in [5.41, 5.74) is 0. The number of nitrogens with zero attached hydrogens (tertiary/aromatic N) is 4. The molecule has 0 radical (unpaired) electrons. The molecule has 1 atom stereocenters. The van der Waals surface area contributed by atoms with Crippen LogP contribution >= 0.6 is 11.8 Å². The fourth-order valence-electron chi connectivity index (χ4n) is 2.98. The molecule has 2 saturated carbocycles. The Bertz CT molecular complexity index is 397. The third-order valence-electron chi connectivity index (χ3n) is 4.18. The molecule has 19 heavy (non-hydrogen) atoms. The summed E-state index contributed by atoms with van der Waals surface area (Å²) in [6, 6.07) is 1.18. The van der Waals surface area contributed by atoms with E-state index in [-0.39, 0.29) is 0 Å². The van der Waals surface area contributed by atoms with Gasteiger partial charge < -0.3 is 5.32 Å². The minimum absolute atomic E-state index is 0.571. The Balaban J connectivity index is 1.57. The maximum absolute atomic E-state index is 4.17. The zero-order valence-corrected chi connectivity index (χ0v) is 12.4. The molecule has 3 rings (SSSR count). The second-order valence-corrected chi connectivity index (χ2v) is 6.64. The van der Waals surface area contributed by atoms with E-state index in [0.29, 0.717) is 12.1 Å². The summed E-state index contributed by atoms with van der Waals surface area (Å²) in [6.07, 6.45) is 8.03. The van der Waals surface area contributed by atoms with Crippen molar-refractivity contribution in [2.45, 2.75) is 62.7 Å². The molecular formula is C13H23N5S. The minimum Gasteiger partial charge on any atom is -0.313 e. The van der Waals surface area contributed by atoms with Gasteiger partial charge in [0.25, 0.3) is 0 Å². The largest absolute Gasteiger partial charge is 0.313 e. The van der Waals surface area contributed by atoms with Gasteiger partial charge in [0.15, 0.2) is 0 Å². The lowest BCUT2D eigenvalue weighted by Gasteiger charge is -2.23. The van der Waals surface area contributed by atoms with E-state index in [2.05, 4.69) is 27.8 Å². The van der Waals surface area contributed by atoms with Gasteiger partial charge in [-0.25, -0.2) is 4.68 Å². The standard InChI is InChI=1S/C13H23N5S/c1-2-14-12(10-5-3-4-6-10)9-19-13-15-16-17-18(13)11-7-8-11/h10-12,14H,2-9H2,1H3. The highest BCUT2D eigenvalue weighted by molar-refractivity contribution is 7.99. The highest BCUT2D eigenvalue weighted by atomic mass is 32.2. The highest BCUT2D eigenvalue weighted by Crippen LogP contribution is 2.37. The van der Waals surface area contributed by atoms with Crippen molar-refractivity contribution in [1.82, 2.24) is 25.5 Å². The molecule has 1 heterocycles. The van der Waals surface area contributed by atoms with E-state index in [1.54, 1.807) is 0 Å². The minimum atomic E-state index is 0.571. The second-order valence-electron chi connectivity index (χ2n) is 5.66. The molecule has 0 bridgehead atoms. The van der Waals surface area contributed by atoms with Gasteiger partial charge in [-0.15, -0.1) is 5.10 Å². The number of thioether (sulfide) groups is 1. The smallest absolute Gasteiger partial charge is 0.209 e. The fourth-order valence-corrected chi connectivity index (χ4v) is 4.11. The van der Waals surface area contributed by atoms with Crippen molar-refractivity contribution in [2.75, 3.05) is 12.3 Å². The highest BCUT2D eigenvalue weighted by Gasteiger charge is 2.29. The Morgan fingerprint density at radius 3 is 2.79 bits per heavy atom. The van der Waals surface area contributed by atoms with Crippen LogP contribution in [0.25, 0.3) is 0 Å². The normalized spacial score (nSPS) is 21.9. The molecule has 2 fully saturated rings. The maximum Gasteiger partial charge on any atom is 0.209 e. The average molecular weight is 281 g/mol. The van der Waals surface area contributed by atoms with E-state index in [1.807, 2.05) is 16.4 Å². The van der Waals surface area contributed by atoms with Crippen molar-refractivity contribution in [3.8, 4) is 0 Å². The van der Waals surface area contributed by atoms with E-state index in [9.17, 15) is 0 Å².